The number of rotatable bonds is 4. The maximum Gasteiger partial charge on any atom is 0.315 e. The highest BCUT2D eigenvalue weighted by molar-refractivity contribution is 5.91. The number of aliphatic hydroxyl groups is 1. The highest BCUT2D eigenvalue weighted by Crippen LogP contribution is 2.55. The van der Waals surface area contributed by atoms with E-state index in [1.54, 1.807) is 0 Å². The Morgan fingerprint density at radius 1 is 1.41 bits per heavy atom. The second-order valence-electron chi connectivity index (χ2n) is 6.93. The van der Waals surface area contributed by atoms with Crippen LogP contribution in [0, 0.1) is 11.8 Å². The Balaban J connectivity index is 1.99. The number of aromatic amines is 1. The summed E-state index contributed by atoms with van der Waals surface area (Å²) < 4.78 is 1.34. The van der Waals surface area contributed by atoms with Crippen molar-refractivity contribution in [3.8, 4) is 0 Å². The van der Waals surface area contributed by atoms with E-state index in [2.05, 4.69) is 15.0 Å². The second-order valence-corrected chi connectivity index (χ2v) is 6.93. The largest absolute Gasteiger partial charge is 0.481 e. The summed E-state index contributed by atoms with van der Waals surface area (Å²) in [6.45, 7) is 0. The SMILES string of the molecule is Nc1nc2c(ncn2C2=C3CCCC3[C@](O)(CC(=O)O)[C@@H]2C(=O)O)c(=O)[nH]1. The number of aliphatic carboxylic acids is 2. The molecule has 0 spiro atoms. The lowest BCUT2D eigenvalue weighted by molar-refractivity contribution is -0.156. The number of nitrogen functional groups attached to an aromatic ring is 1. The second kappa shape index (κ2) is 5.64. The van der Waals surface area contributed by atoms with Crippen LogP contribution in [0.4, 0.5) is 5.95 Å². The number of fused-ring (bicyclic) bond motifs is 2. The summed E-state index contributed by atoms with van der Waals surface area (Å²) >= 11 is 0. The molecule has 1 saturated carbocycles. The number of nitrogens with two attached hydrogens (primary N) is 1. The molecular weight excluding hydrogens is 358 g/mol. The molecule has 27 heavy (non-hydrogen) atoms. The van der Waals surface area contributed by atoms with E-state index in [0.29, 0.717) is 24.8 Å². The molecule has 6 N–H and O–H groups in total. The summed E-state index contributed by atoms with van der Waals surface area (Å²) in [7, 11) is 0. The zero-order valence-electron chi connectivity index (χ0n) is 14.0. The fourth-order valence-electron chi connectivity index (χ4n) is 4.52. The van der Waals surface area contributed by atoms with Crippen molar-refractivity contribution < 1.29 is 24.9 Å². The Morgan fingerprint density at radius 3 is 2.81 bits per heavy atom. The monoisotopic (exact) mass is 375 g/mol. The molecule has 0 amide bonds. The predicted octanol–water partition coefficient (Wildman–Crippen LogP) is -0.367. The summed E-state index contributed by atoms with van der Waals surface area (Å²) in [5, 5.41) is 30.3. The van der Waals surface area contributed by atoms with Crippen molar-refractivity contribution in [2.45, 2.75) is 31.3 Å². The van der Waals surface area contributed by atoms with Gasteiger partial charge in [-0.1, -0.05) is 0 Å². The van der Waals surface area contributed by atoms with Gasteiger partial charge in [0.1, 0.15) is 17.8 Å². The first-order valence-corrected chi connectivity index (χ1v) is 8.37. The first kappa shape index (κ1) is 17.2. The predicted molar refractivity (Wildman–Crippen MR) is 91.4 cm³/mol. The lowest BCUT2D eigenvalue weighted by atomic mass is 9.78. The van der Waals surface area contributed by atoms with Gasteiger partial charge in [-0.3, -0.25) is 23.9 Å². The van der Waals surface area contributed by atoms with Gasteiger partial charge in [0.05, 0.1) is 6.42 Å². The number of aromatic nitrogens is 4. The van der Waals surface area contributed by atoms with Crippen molar-refractivity contribution in [1.82, 2.24) is 19.5 Å². The molecule has 0 bridgehead atoms. The number of nitrogens with one attached hydrogen (secondary N) is 1. The third-order valence-electron chi connectivity index (χ3n) is 5.43. The van der Waals surface area contributed by atoms with E-state index in [0.717, 1.165) is 0 Å². The Morgan fingerprint density at radius 2 is 2.15 bits per heavy atom. The zero-order valence-corrected chi connectivity index (χ0v) is 14.0. The molecule has 0 aromatic carbocycles. The Bertz CT molecular complexity index is 1070. The Hall–Kier alpha value is -3.21. The van der Waals surface area contributed by atoms with Crippen LogP contribution in [0.2, 0.25) is 0 Å². The molecule has 2 aromatic rings. The van der Waals surface area contributed by atoms with Gasteiger partial charge in [-0.05, 0) is 24.8 Å². The molecule has 3 atom stereocenters. The number of hydrogen-bond acceptors (Lipinski definition) is 7. The van der Waals surface area contributed by atoms with Gasteiger partial charge in [-0.25, -0.2) is 4.98 Å². The van der Waals surface area contributed by atoms with Crippen molar-refractivity contribution >= 4 is 34.7 Å². The van der Waals surface area contributed by atoms with Gasteiger partial charge in [-0.15, -0.1) is 0 Å². The van der Waals surface area contributed by atoms with Crippen LogP contribution in [-0.2, 0) is 9.59 Å². The lowest BCUT2D eigenvalue weighted by Crippen LogP contribution is -2.46. The fraction of sp³-hybridized carbons (Fsp3) is 0.438. The topological polar surface area (TPSA) is 184 Å². The molecule has 0 saturated heterocycles. The molecule has 2 aromatic heterocycles. The summed E-state index contributed by atoms with van der Waals surface area (Å²) in [6.07, 6.45) is 2.25. The molecule has 1 fully saturated rings. The van der Waals surface area contributed by atoms with Crippen molar-refractivity contribution in [2.24, 2.45) is 11.8 Å². The summed E-state index contributed by atoms with van der Waals surface area (Å²) in [5.74, 6) is -4.88. The number of carboxylic acids is 2. The van der Waals surface area contributed by atoms with E-state index in [-0.39, 0.29) is 22.8 Å². The molecule has 4 rings (SSSR count). The summed E-state index contributed by atoms with van der Waals surface area (Å²) in [5.41, 5.74) is 3.98. The standard InChI is InChI=1S/C16H17N5O6/c17-15-19-12-10(13(24)20-15)18-5-21(12)11-6-2-1-3-7(6)16(27,4-8(22)23)9(11)14(25)26/h5,7,9,27H,1-4H2,(H,22,23)(H,25,26)(H3,17,19,20,24)/t7?,9-,16+/m0/s1. The minimum atomic E-state index is -1.97. The van der Waals surface area contributed by atoms with Crippen molar-refractivity contribution in [3.05, 3.63) is 22.3 Å². The van der Waals surface area contributed by atoms with Crippen LogP contribution in [0.1, 0.15) is 25.7 Å². The maximum absolute atomic E-state index is 12.1. The third-order valence-corrected chi connectivity index (χ3v) is 5.43. The third kappa shape index (κ3) is 2.35. The van der Waals surface area contributed by atoms with Gasteiger partial charge in [0.2, 0.25) is 5.95 Å². The normalized spacial score (nSPS) is 27.3. The molecule has 2 aliphatic carbocycles. The molecule has 0 aliphatic heterocycles. The molecule has 2 aliphatic rings. The molecule has 11 nitrogen and oxygen atoms in total. The highest BCUT2D eigenvalue weighted by Gasteiger charge is 2.59. The van der Waals surface area contributed by atoms with Gasteiger partial charge in [0.25, 0.3) is 5.56 Å². The van der Waals surface area contributed by atoms with Crippen LogP contribution in [-0.4, -0.2) is 52.4 Å². The van der Waals surface area contributed by atoms with Gasteiger partial charge in [0.15, 0.2) is 11.2 Å². The number of imidazole rings is 1. The number of nitrogens with zero attached hydrogens (tertiary/aromatic N) is 3. The number of H-pyrrole nitrogens is 1. The smallest absolute Gasteiger partial charge is 0.315 e. The summed E-state index contributed by atoms with van der Waals surface area (Å²) in [4.78, 5) is 45.8. The Labute approximate surface area is 151 Å². The molecular formula is C16H17N5O6. The van der Waals surface area contributed by atoms with E-state index in [4.69, 9.17) is 5.73 Å². The van der Waals surface area contributed by atoms with E-state index in [1.807, 2.05) is 0 Å². The van der Waals surface area contributed by atoms with Crippen LogP contribution < -0.4 is 11.3 Å². The van der Waals surface area contributed by atoms with Crippen LogP contribution in [0.15, 0.2) is 16.7 Å². The minimum Gasteiger partial charge on any atom is -0.481 e. The first-order chi connectivity index (χ1) is 12.7. The average Bonchev–Trinajstić information content (AvgIpc) is 3.22. The van der Waals surface area contributed by atoms with E-state index < -0.39 is 41.4 Å². The first-order valence-electron chi connectivity index (χ1n) is 8.37. The van der Waals surface area contributed by atoms with E-state index >= 15 is 0 Å². The highest BCUT2D eigenvalue weighted by atomic mass is 16.4. The molecule has 0 radical (unpaired) electrons. The minimum absolute atomic E-state index is 0.0235. The molecule has 11 heteroatoms. The number of carboxylic acid groups (broad SMARTS) is 2. The van der Waals surface area contributed by atoms with E-state index in [1.165, 1.54) is 10.9 Å². The fourth-order valence-corrected chi connectivity index (χ4v) is 4.52. The van der Waals surface area contributed by atoms with Crippen LogP contribution >= 0.6 is 0 Å². The van der Waals surface area contributed by atoms with Crippen LogP contribution in [0.5, 0.6) is 0 Å². The maximum atomic E-state index is 12.1. The molecule has 1 unspecified atom stereocenters. The number of carbonyl (C=O) groups is 2. The zero-order chi connectivity index (χ0) is 19.5. The van der Waals surface area contributed by atoms with E-state index in [9.17, 15) is 29.7 Å². The van der Waals surface area contributed by atoms with Crippen molar-refractivity contribution in [3.63, 3.8) is 0 Å². The number of hydrogen-bond donors (Lipinski definition) is 5. The molecule has 2 heterocycles. The van der Waals surface area contributed by atoms with Crippen LogP contribution in [0.3, 0.4) is 0 Å². The number of anilines is 1. The lowest BCUT2D eigenvalue weighted by Gasteiger charge is -2.32. The van der Waals surface area contributed by atoms with Gasteiger partial charge in [-0.2, -0.15) is 4.98 Å². The quantitative estimate of drug-likeness (QED) is 0.475. The van der Waals surface area contributed by atoms with Crippen molar-refractivity contribution in [2.75, 3.05) is 5.73 Å². The average molecular weight is 375 g/mol. The summed E-state index contributed by atoms with van der Waals surface area (Å²) in [6, 6.07) is 0. The van der Waals surface area contributed by atoms with Crippen molar-refractivity contribution in [1.29, 1.82) is 0 Å². The van der Waals surface area contributed by atoms with Gasteiger partial charge >= 0.3 is 11.9 Å². The van der Waals surface area contributed by atoms with Crippen LogP contribution in [0.25, 0.3) is 16.9 Å². The Kier molecular flexibility index (Phi) is 3.60. The molecule has 142 valence electrons. The van der Waals surface area contributed by atoms with Gasteiger partial charge in [0, 0.05) is 11.6 Å². The van der Waals surface area contributed by atoms with Gasteiger partial charge < -0.3 is 21.1 Å².